The molecule has 2 nitrogen and oxygen atoms in total. The zero-order chi connectivity index (χ0) is 6.85. The predicted octanol–water partition coefficient (Wildman–Crippen LogP) is 1.05. The zero-order valence-electron chi connectivity index (χ0n) is 5.76. The monoisotopic (exact) mass is 125 g/mol. The molecule has 50 valence electrons. The third-order valence-electron chi connectivity index (χ3n) is 1.40. The maximum Gasteiger partial charge on any atom is 0.119 e. The van der Waals surface area contributed by atoms with Gasteiger partial charge in [0.2, 0.25) is 0 Å². The van der Waals surface area contributed by atoms with Crippen LogP contribution in [0.2, 0.25) is 0 Å². The van der Waals surface area contributed by atoms with Gasteiger partial charge in [0, 0.05) is 11.9 Å². The van der Waals surface area contributed by atoms with E-state index in [1.165, 1.54) is 5.56 Å². The molecule has 0 radical (unpaired) electrons. The van der Waals surface area contributed by atoms with Crippen molar-refractivity contribution in [2.45, 2.75) is 20.6 Å². The minimum Gasteiger partial charge on any atom is -0.376 e. The lowest BCUT2D eigenvalue weighted by molar-refractivity contribution is 0.208. The Kier molecular flexibility index (Phi) is 1.58. The molecule has 1 aromatic heterocycles. The third kappa shape index (κ3) is 1.13. The molecule has 0 unspecified atom stereocenters. The van der Waals surface area contributed by atoms with Gasteiger partial charge in [-0.1, -0.05) is 0 Å². The third-order valence-corrected chi connectivity index (χ3v) is 1.40. The molecule has 0 aliphatic rings. The Hall–Kier alpha value is -0.760. The van der Waals surface area contributed by atoms with Gasteiger partial charge in [-0.15, -0.1) is 0 Å². The normalized spacial score (nSPS) is 10.1. The molecule has 0 atom stereocenters. The highest BCUT2D eigenvalue weighted by atomic mass is 16.3. The van der Waals surface area contributed by atoms with E-state index in [2.05, 4.69) is 0 Å². The highest BCUT2D eigenvalue weighted by Crippen LogP contribution is 2.04. The van der Waals surface area contributed by atoms with Gasteiger partial charge in [-0.3, -0.25) is 0 Å². The molecular weight excluding hydrogens is 114 g/mol. The van der Waals surface area contributed by atoms with Crippen molar-refractivity contribution in [1.82, 2.24) is 4.57 Å². The summed E-state index contributed by atoms with van der Waals surface area (Å²) in [5.74, 6) is 0. The first-order chi connectivity index (χ1) is 4.24. The summed E-state index contributed by atoms with van der Waals surface area (Å²) in [6.45, 7) is 4.07. The van der Waals surface area contributed by atoms with Gasteiger partial charge >= 0.3 is 0 Å². The van der Waals surface area contributed by atoms with Crippen LogP contribution in [0.25, 0.3) is 0 Å². The molecule has 0 bridgehead atoms. The molecule has 0 spiro atoms. The Labute approximate surface area is 54.7 Å². The van der Waals surface area contributed by atoms with E-state index in [4.69, 9.17) is 5.11 Å². The second kappa shape index (κ2) is 2.23. The summed E-state index contributed by atoms with van der Waals surface area (Å²) in [7, 11) is 0. The summed E-state index contributed by atoms with van der Waals surface area (Å²) in [5, 5.41) is 8.69. The number of nitrogens with zero attached hydrogens (tertiary/aromatic N) is 1. The van der Waals surface area contributed by atoms with Gasteiger partial charge in [-0.05, 0) is 25.5 Å². The Bertz CT molecular complexity index is 203. The summed E-state index contributed by atoms with van der Waals surface area (Å²) in [4.78, 5) is 0. The van der Waals surface area contributed by atoms with Crippen LogP contribution in [0, 0.1) is 13.8 Å². The van der Waals surface area contributed by atoms with Gasteiger partial charge < -0.3 is 9.67 Å². The smallest absolute Gasteiger partial charge is 0.119 e. The van der Waals surface area contributed by atoms with E-state index in [1.54, 1.807) is 4.57 Å². The molecule has 1 rings (SSSR count). The van der Waals surface area contributed by atoms with Crippen LogP contribution in [-0.2, 0) is 6.73 Å². The maximum atomic E-state index is 8.69. The first kappa shape index (κ1) is 6.36. The average molecular weight is 125 g/mol. The number of aliphatic hydroxyl groups is 1. The molecule has 0 aliphatic carbocycles. The molecule has 1 heterocycles. The summed E-state index contributed by atoms with van der Waals surface area (Å²) in [5.41, 5.74) is 2.30. The van der Waals surface area contributed by atoms with Gasteiger partial charge in [0.1, 0.15) is 6.73 Å². The van der Waals surface area contributed by atoms with Crippen LogP contribution < -0.4 is 0 Å². The van der Waals surface area contributed by atoms with Crippen molar-refractivity contribution in [2.24, 2.45) is 0 Å². The molecule has 0 saturated carbocycles. The number of aliphatic hydroxyl groups excluding tert-OH is 1. The van der Waals surface area contributed by atoms with Crippen molar-refractivity contribution in [3.05, 3.63) is 23.5 Å². The van der Waals surface area contributed by atoms with Crippen molar-refractivity contribution < 1.29 is 5.11 Å². The van der Waals surface area contributed by atoms with E-state index >= 15 is 0 Å². The molecule has 1 aromatic rings. The summed E-state index contributed by atoms with van der Waals surface area (Å²) < 4.78 is 1.80. The first-order valence-corrected chi connectivity index (χ1v) is 2.98. The number of aromatic nitrogens is 1. The standard InChI is InChI=1S/C7H11NO/c1-6-3-7(2)8(4-6)5-9/h3-4,9H,5H2,1-2H3. The highest BCUT2D eigenvalue weighted by Gasteiger charge is 1.93. The molecule has 9 heavy (non-hydrogen) atoms. The summed E-state index contributed by atoms with van der Waals surface area (Å²) >= 11 is 0. The van der Waals surface area contributed by atoms with Crippen LogP contribution in [0.5, 0.6) is 0 Å². The molecule has 1 N–H and O–H groups in total. The fourth-order valence-corrected chi connectivity index (χ4v) is 0.950. The second-order valence-corrected chi connectivity index (χ2v) is 2.27. The number of rotatable bonds is 1. The number of hydrogen-bond donors (Lipinski definition) is 1. The maximum absolute atomic E-state index is 8.69. The zero-order valence-corrected chi connectivity index (χ0v) is 5.76. The van der Waals surface area contributed by atoms with Crippen molar-refractivity contribution in [1.29, 1.82) is 0 Å². The lowest BCUT2D eigenvalue weighted by atomic mass is 10.4. The van der Waals surface area contributed by atoms with Crippen LogP contribution in [0.1, 0.15) is 11.3 Å². The van der Waals surface area contributed by atoms with E-state index in [1.807, 2.05) is 26.1 Å². The van der Waals surface area contributed by atoms with Gasteiger partial charge in [0.05, 0.1) is 0 Å². The van der Waals surface area contributed by atoms with Crippen LogP contribution in [0.3, 0.4) is 0 Å². The molecule has 0 fully saturated rings. The van der Waals surface area contributed by atoms with Crippen molar-refractivity contribution in [2.75, 3.05) is 0 Å². The minimum atomic E-state index is 0.0830. The molecule has 0 amide bonds. The van der Waals surface area contributed by atoms with Crippen LogP contribution in [0.15, 0.2) is 12.3 Å². The van der Waals surface area contributed by atoms with E-state index < -0.39 is 0 Å². The van der Waals surface area contributed by atoms with Gasteiger partial charge in [0.15, 0.2) is 0 Å². The molecule has 0 aliphatic heterocycles. The van der Waals surface area contributed by atoms with Crippen molar-refractivity contribution in [3.63, 3.8) is 0 Å². The van der Waals surface area contributed by atoms with Crippen molar-refractivity contribution in [3.8, 4) is 0 Å². The highest BCUT2D eigenvalue weighted by molar-refractivity contribution is 5.15. The topological polar surface area (TPSA) is 25.2 Å². The summed E-state index contributed by atoms with van der Waals surface area (Å²) in [6, 6.07) is 2.04. The van der Waals surface area contributed by atoms with Gasteiger partial charge in [-0.25, -0.2) is 0 Å². The second-order valence-electron chi connectivity index (χ2n) is 2.27. The van der Waals surface area contributed by atoms with Gasteiger partial charge in [0.25, 0.3) is 0 Å². The van der Waals surface area contributed by atoms with Crippen LogP contribution in [0.4, 0.5) is 0 Å². The number of aryl methyl sites for hydroxylation is 2. The van der Waals surface area contributed by atoms with Crippen LogP contribution >= 0.6 is 0 Å². The Morgan fingerprint density at radius 1 is 1.56 bits per heavy atom. The lowest BCUT2D eigenvalue weighted by Gasteiger charge is -1.96. The van der Waals surface area contributed by atoms with E-state index in [0.29, 0.717) is 0 Å². The number of hydrogen-bond acceptors (Lipinski definition) is 1. The molecule has 0 aromatic carbocycles. The van der Waals surface area contributed by atoms with E-state index in [0.717, 1.165) is 5.69 Å². The summed E-state index contributed by atoms with van der Waals surface area (Å²) in [6.07, 6.45) is 1.93. The molecular formula is C7H11NO. The van der Waals surface area contributed by atoms with E-state index in [9.17, 15) is 0 Å². The largest absolute Gasteiger partial charge is 0.376 e. The Morgan fingerprint density at radius 3 is 2.44 bits per heavy atom. The fraction of sp³-hybridized carbons (Fsp3) is 0.429. The van der Waals surface area contributed by atoms with Crippen molar-refractivity contribution >= 4 is 0 Å². The molecule has 0 saturated heterocycles. The lowest BCUT2D eigenvalue weighted by Crippen LogP contribution is -1.95. The average Bonchev–Trinajstić information content (AvgIpc) is 2.10. The first-order valence-electron chi connectivity index (χ1n) is 2.98. The Balaban J connectivity index is 3.01. The van der Waals surface area contributed by atoms with Crippen LogP contribution in [-0.4, -0.2) is 9.67 Å². The SMILES string of the molecule is Cc1cc(C)n(CO)c1. The predicted molar refractivity (Wildman–Crippen MR) is 36.1 cm³/mol. The minimum absolute atomic E-state index is 0.0830. The molecule has 2 heteroatoms. The Morgan fingerprint density at radius 2 is 2.22 bits per heavy atom. The van der Waals surface area contributed by atoms with Gasteiger partial charge in [-0.2, -0.15) is 0 Å². The quantitative estimate of drug-likeness (QED) is 0.596. The fourth-order valence-electron chi connectivity index (χ4n) is 0.950. The van der Waals surface area contributed by atoms with E-state index in [-0.39, 0.29) is 6.73 Å².